The minimum absolute atomic E-state index is 0.245. The molecular formula is C20H24N2O5S. The summed E-state index contributed by atoms with van der Waals surface area (Å²) in [7, 11) is -3.67. The average molecular weight is 404 g/mol. The maximum atomic E-state index is 12.5. The number of esters is 1. The van der Waals surface area contributed by atoms with Gasteiger partial charge in [0.15, 0.2) is 0 Å². The van der Waals surface area contributed by atoms with E-state index in [0.29, 0.717) is 16.9 Å². The number of nitrogens with one attached hydrogen (secondary N) is 1. The van der Waals surface area contributed by atoms with Crippen LogP contribution in [0, 0.1) is 13.8 Å². The Morgan fingerprint density at radius 3 is 2.39 bits per heavy atom. The zero-order chi connectivity index (χ0) is 20.9. The molecule has 0 spiro atoms. The summed E-state index contributed by atoms with van der Waals surface area (Å²) in [6.07, 6.45) is 1.05. The predicted octanol–water partition coefficient (Wildman–Crippen LogP) is 2.88. The quantitative estimate of drug-likeness (QED) is 0.717. The highest BCUT2D eigenvalue weighted by Crippen LogP contribution is 2.21. The van der Waals surface area contributed by atoms with Crippen LogP contribution < -0.4 is 9.62 Å². The zero-order valence-electron chi connectivity index (χ0n) is 16.4. The molecule has 0 bridgehead atoms. The Labute approximate surface area is 165 Å². The van der Waals surface area contributed by atoms with Gasteiger partial charge in [-0.2, -0.15) is 0 Å². The maximum absolute atomic E-state index is 12.5. The smallest absolute Gasteiger partial charge is 0.338 e. The van der Waals surface area contributed by atoms with E-state index < -0.39 is 21.9 Å². The fourth-order valence-corrected chi connectivity index (χ4v) is 3.40. The molecule has 0 unspecified atom stereocenters. The molecule has 0 heterocycles. The van der Waals surface area contributed by atoms with E-state index >= 15 is 0 Å². The van der Waals surface area contributed by atoms with Crippen LogP contribution in [-0.2, 0) is 19.6 Å². The maximum Gasteiger partial charge on any atom is 0.338 e. The highest BCUT2D eigenvalue weighted by Gasteiger charge is 2.21. The van der Waals surface area contributed by atoms with Gasteiger partial charge in [0, 0.05) is 5.69 Å². The van der Waals surface area contributed by atoms with Crippen molar-refractivity contribution in [3.8, 4) is 0 Å². The van der Waals surface area contributed by atoms with E-state index in [4.69, 9.17) is 4.74 Å². The lowest BCUT2D eigenvalue weighted by Gasteiger charge is -2.22. The largest absolute Gasteiger partial charge is 0.462 e. The summed E-state index contributed by atoms with van der Waals surface area (Å²) < 4.78 is 30.4. The number of aryl methyl sites for hydroxylation is 2. The van der Waals surface area contributed by atoms with Gasteiger partial charge >= 0.3 is 5.97 Å². The number of sulfonamides is 1. The van der Waals surface area contributed by atoms with Crippen LogP contribution in [0.3, 0.4) is 0 Å². The van der Waals surface area contributed by atoms with Crippen molar-refractivity contribution in [2.75, 3.05) is 29.0 Å². The number of hydrogen-bond donors (Lipinski definition) is 1. The Morgan fingerprint density at radius 2 is 1.79 bits per heavy atom. The van der Waals surface area contributed by atoms with Gasteiger partial charge in [0.25, 0.3) is 0 Å². The Balaban J connectivity index is 2.20. The van der Waals surface area contributed by atoms with E-state index in [9.17, 15) is 18.0 Å². The van der Waals surface area contributed by atoms with Crippen LogP contribution in [-0.4, -0.2) is 39.7 Å². The first kappa shape index (κ1) is 21.4. The number of nitrogens with zero attached hydrogens (tertiary/aromatic N) is 1. The first-order valence-electron chi connectivity index (χ1n) is 8.74. The molecule has 0 saturated carbocycles. The highest BCUT2D eigenvalue weighted by atomic mass is 32.2. The third-order valence-corrected chi connectivity index (χ3v) is 5.26. The van der Waals surface area contributed by atoms with Crippen molar-refractivity contribution < 1.29 is 22.7 Å². The second-order valence-corrected chi connectivity index (χ2v) is 8.29. The van der Waals surface area contributed by atoms with Crippen LogP contribution in [0.4, 0.5) is 11.4 Å². The Hall–Kier alpha value is -2.87. The molecule has 0 aliphatic rings. The minimum atomic E-state index is -3.67. The van der Waals surface area contributed by atoms with Crippen molar-refractivity contribution in [1.82, 2.24) is 0 Å². The normalized spacial score (nSPS) is 11.0. The molecule has 2 aromatic carbocycles. The first-order valence-corrected chi connectivity index (χ1v) is 10.6. The Kier molecular flexibility index (Phi) is 6.80. The predicted molar refractivity (Wildman–Crippen MR) is 109 cm³/mol. The molecule has 28 heavy (non-hydrogen) atoms. The second kappa shape index (κ2) is 8.88. The van der Waals surface area contributed by atoms with Crippen molar-refractivity contribution in [3.05, 3.63) is 59.2 Å². The van der Waals surface area contributed by atoms with Crippen molar-refractivity contribution >= 4 is 33.3 Å². The second-order valence-electron chi connectivity index (χ2n) is 6.39. The summed E-state index contributed by atoms with van der Waals surface area (Å²) in [5.74, 6) is -1.02. The summed E-state index contributed by atoms with van der Waals surface area (Å²) in [4.78, 5) is 24.3. The minimum Gasteiger partial charge on any atom is -0.462 e. The fourth-order valence-electron chi connectivity index (χ4n) is 2.55. The number of benzene rings is 2. The highest BCUT2D eigenvalue weighted by molar-refractivity contribution is 7.92. The summed E-state index contributed by atoms with van der Waals surface area (Å²) in [6.45, 7) is 5.36. The molecule has 0 aliphatic heterocycles. The van der Waals surface area contributed by atoms with Gasteiger partial charge < -0.3 is 10.1 Å². The van der Waals surface area contributed by atoms with Gasteiger partial charge in [-0.25, -0.2) is 13.2 Å². The topological polar surface area (TPSA) is 92.8 Å². The van der Waals surface area contributed by atoms with Gasteiger partial charge in [0.05, 0.1) is 24.1 Å². The van der Waals surface area contributed by atoms with E-state index in [-0.39, 0.29) is 13.2 Å². The molecule has 2 aromatic rings. The molecule has 0 aromatic heterocycles. The van der Waals surface area contributed by atoms with Crippen LogP contribution in [0.15, 0.2) is 42.5 Å². The SMILES string of the molecule is CCOC(=O)c1cccc(NC(=O)CN(c2ccc(C)c(C)c2)S(C)(=O)=O)c1. The molecule has 2 rings (SSSR count). The van der Waals surface area contributed by atoms with Crippen LogP contribution >= 0.6 is 0 Å². The summed E-state index contributed by atoms with van der Waals surface area (Å²) >= 11 is 0. The number of amides is 1. The monoisotopic (exact) mass is 404 g/mol. The molecule has 0 aliphatic carbocycles. The molecule has 0 saturated heterocycles. The van der Waals surface area contributed by atoms with E-state index in [2.05, 4.69) is 5.32 Å². The van der Waals surface area contributed by atoms with Crippen LogP contribution in [0.2, 0.25) is 0 Å². The van der Waals surface area contributed by atoms with Gasteiger partial charge in [-0.1, -0.05) is 12.1 Å². The molecule has 0 atom stereocenters. The van der Waals surface area contributed by atoms with Crippen molar-refractivity contribution in [2.45, 2.75) is 20.8 Å². The van der Waals surface area contributed by atoms with Crippen LogP contribution in [0.5, 0.6) is 0 Å². The lowest BCUT2D eigenvalue weighted by Crippen LogP contribution is -2.37. The lowest BCUT2D eigenvalue weighted by atomic mass is 10.1. The molecule has 0 radical (unpaired) electrons. The molecule has 0 fully saturated rings. The molecular weight excluding hydrogens is 380 g/mol. The zero-order valence-corrected chi connectivity index (χ0v) is 17.2. The number of ether oxygens (including phenoxy) is 1. The molecule has 150 valence electrons. The van der Waals surface area contributed by atoms with Crippen molar-refractivity contribution in [2.24, 2.45) is 0 Å². The molecule has 7 nitrogen and oxygen atoms in total. The molecule has 1 N–H and O–H groups in total. The van der Waals surface area contributed by atoms with Gasteiger partial charge in [-0.05, 0) is 62.2 Å². The summed E-state index contributed by atoms with van der Waals surface area (Å²) in [5, 5.41) is 2.62. The number of anilines is 2. The Bertz CT molecular complexity index is 986. The first-order chi connectivity index (χ1) is 13.1. The van der Waals surface area contributed by atoms with E-state index in [1.54, 1.807) is 37.3 Å². The van der Waals surface area contributed by atoms with Crippen LogP contribution in [0.1, 0.15) is 28.4 Å². The Morgan fingerprint density at radius 1 is 1.07 bits per heavy atom. The van der Waals surface area contributed by atoms with Crippen molar-refractivity contribution in [3.63, 3.8) is 0 Å². The van der Waals surface area contributed by atoms with E-state index in [1.165, 1.54) is 6.07 Å². The van der Waals surface area contributed by atoms with Gasteiger partial charge in [-0.15, -0.1) is 0 Å². The lowest BCUT2D eigenvalue weighted by molar-refractivity contribution is -0.114. The number of carbonyl (C=O) groups is 2. The van der Waals surface area contributed by atoms with E-state index in [0.717, 1.165) is 21.7 Å². The van der Waals surface area contributed by atoms with Crippen LogP contribution in [0.25, 0.3) is 0 Å². The van der Waals surface area contributed by atoms with E-state index in [1.807, 2.05) is 19.9 Å². The van der Waals surface area contributed by atoms with Crippen molar-refractivity contribution in [1.29, 1.82) is 0 Å². The molecule has 8 heteroatoms. The molecule has 1 amide bonds. The fraction of sp³-hybridized carbons (Fsp3) is 0.300. The number of carbonyl (C=O) groups excluding carboxylic acids is 2. The van der Waals surface area contributed by atoms with Gasteiger partial charge in [0.2, 0.25) is 15.9 Å². The standard InChI is InChI=1S/C20H24N2O5S/c1-5-27-20(24)16-7-6-8-17(12-16)21-19(23)13-22(28(4,25)26)18-10-9-14(2)15(3)11-18/h6-12H,5,13H2,1-4H3,(H,21,23). The summed E-state index contributed by atoms with van der Waals surface area (Å²) in [5.41, 5.74) is 3.05. The number of rotatable bonds is 7. The summed E-state index contributed by atoms with van der Waals surface area (Å²) in [6, 6.07) is 11.5. The third kappa shape index (κ3) is 5.56. The third-order valence-electron chi connectivity index (χ3n) is 4.12. The number of hydrogen-bond acceptors (Lipinski definition) is 5. The van der Waals surface area contributed by atoms with Gasteiger partial charge in [-0.3, -0.25) is 9.10 Å². The average Bonchev–Trinajstić information content (AvgIpc) is 2.61. The van der Waals surface area contributed by atoms with Gasteiger partial charge in [0.1, 0.15) is 6.54 Å².